The zero-order chi connectivity index (χ0) is 12.6. The summed E-state index contributed by atoms with van der Waals surface area (Å²) in [5, 5.41) is 0. The van der Waals surface area contributed by atoms with E-state index in [1.807, 2.05) is 12.3 Å². The number of anilines is 1. The van der Waals surface area contributed by atoms with Crippen LogP contribution in [0.4, 0.5) is 5.82 Å². The third kappa shape index (κ3) is 2.80. The first kappa shape index (κ1) is 12.8. The molecule has 17 heavy (non-hydrogen) atoms. The average molecular weight is 299 g/mol. The molecule has 3 nitrogen and oxygen atoms in total. The number of aryl methyl sites for hydroxylation is 1. The van der Waals surface area contributed by atoms with Gasteiger partial charge in [-0.15, -0.1) is 0 Å². The van der Waals surface area contributed by atoms with E-state index in [1.165, 1.54) is 5.56 Å². The molecule has 0 saturated carbocycles. The van der Waals surface area contributed by atoms with Gasteiger partial charge in [0.15, 0.2) is 0 Å². The van der Waals surface area contributed by atoms with E-state index in [-0.39, 0.29) is 11.7 Å². The minimum Gasteiger partial charge on any atom is -0.369 e. The fourth-order valence-electron chi connectivity index (χ4n) is 2.36. The van der Waals surface area contributed by atoms with E-state index in [0.717, 1.165) is 23.4 Å². The van der Waals surface area contributed by atoms with Crippen LogP contribution >= 0.6 is 15.9 Å². The summed E-state index contributed by atoms with van der Waals surface area (Å²) in [6, 6.07) is 2.02. The maximum absolute atomic E-state index is 5.91. The molecular weight excluding hydrogens is 280 g/mol. The van der Waals surface area contributed by atoms with Crippen LogP contribution < -0.4 is 4.90 Å². The molecular formula is C13H19BrN2O. The van der Waals surface area contributed by atoms with Crippen molar-refractivity contribution < 1.29 is 4.74 Å². The van der Waals surface area contributed by atoms with Crippen LogP contribution in [0.2, 0.25) is 0 Å². The second kappa shape index (κ2) is 4.58. The van der Waals surface area contributed by atoms with Crippen molar-refractivity contribution in [2.75, 3.05) is 18.0 Å². The number of hydrogen-bond acceptors (Lipinski definition) is 3. The van der Waals surface area contributed by atoms with Crippen LogP contribution in [0.15, 0.2) is 16.7 Å². The Morgan fingerprint density at radius 2 is 2.24 bits per heavy atom. The van der Waals surface area contributed by atoms with E-state index in [9.17, 15) is 0 Å². The molecule has 94 valence electrons. The van der Waals surface area contributed by atoms with Gasteiger partial charge in [-0.2, -0.15) is 0 Å². The van der Waals surface area contributed by atoms with Crippen LogP contribution in [0.1, 0.15) is 26.3 Å². The van der Waals surface area contributed by atoms with Gasteiger partial charge in [-0.1, -0.05) is 0 Å². The molecule has 2 rings (SSSR count). The smallest absolute Gasteiger partial charge is 0.143 e. The average Bonchev–Trinajstić information content (AvgIpc) is 2.19. The summed E-state index contributed by atoms with van der Waals surface area (Å²) in [5.74, 6) is 1.02. The number of pyridine rings is 1. The molecule has 4 heteroatoms. The Bertz CT molecular complexity index is 420. The number of nitrogens with zero attached hydrogens (tertiary/aromatic N) is 2. The third-order valence-corrected chi connectivity index (χ3v) is 3.91. The molecule has 1 atom stereocenters. The molecule has 1 fully saturated rings. The highest BCUT2D eigenvalue weighted by molar-refractivity contribution is 9.10. The lowest BCUT2D eigenvalue weighted by molar-refractivity contribution is -0.0752. The van der Waals surface area contributed by atoms with Gasteiger partial charge in [-0.25, -0.2) is 4.98 Å². The predicted molar refractivity (Wildman–Crippen MR) is 73.5 cm³/mol. The molecule has 0 amide bonds. The molecule has 1 aromatic heterocycles. The van der Waals surface area contributed by atoms with Gasteiger partial charge in [0, 0.05) is 19.3 Å². The summed E-state index contributed by atoms with van der Waals surface area (Å²) in [6.07, 6.45) is 2.09. The first-order chi connectivity index (χ1) is 7.89. The van der Waals surface area contributed by atoms with E-state index in [1.54, 1.807) is 0 Å². The summed E-state index contributed by atoms with van der Waals surface area (Å²) in [6.45, 7) is 10.2. The maximum atomic E-state index is 5.91. The molecule has 0 N–H and O–H groups in total. The number of hydrogen-bond donors (Lipinski definition) is 0. The minimum absolute atomic E-state index is 0.122. The van der Waals surface area contributed by atoms with Crippen molar-refractivity contribution in [1.82, 2.24) is 4.98 Å². The molecule has 1 aliphatic rings. The zero-order valence-corrected chi connectivity index (χ0v) is 12.4. The van der Waals surface area contributed by atoms with Crippen molar-refractivity contribution in [3.8, 4) is 0 Å². The fourth-order valence-corrected chi connectivity index (χ4v) is 2.85. The number of ether oxygens (including phenoxy) is 1. The lowest BCUT2D eigenvalue weighted by atomic mass is 10.1. The van der Waals surface area contributed by atoms with Crippen LogP contribution in [0.25, 0.3) is 0 Å². The number of halogens is 1. The van der Waals surface area contributed by atoms with Crippen molar-refractivity contribution in [2.45, 2.75) is 39.4 Å². The normalized spacial score (nSPS) is 23.8. The number of rotatable bonds is 1. The monoisotopic (exact) mass is 298 g/mol. The summed E-state index contributed by atoms with van der Waals surface area (Å²) in [7, 11) is 0. The number of morpholine rings is 1. The third-order valence-electron chi connectivity index (χ3n) is 2.93. The quantitative estimate of drug-likeness (QED) is 0.796. The first-order valence-electron chi connectivity index (χ1n) is 5.93. The van der Waals surface area contributed by atoms with Gasteiger partial charge in [0.25, 0.3) is 0 Å². The Hall–Kier alpha value is -0.610. The molecule has 1 aliphatic heterocycles. The van der Waals surface area contributed by atoms with Crippen LogP contribution in [0.3, 0.4) is 0 Å². The van der Waals surface area contributed by atoms with Crippen LogP contribution in [0.5, 0.6) is 0 Å². The summed E-state index contributed by atoms with van der Waals surface area (Å²) >= 11 is 3.63. The molecule has 2 heterocycles. The zero-order valence-electron chi connectivity index (χ0n) is 10.8. The Morgan fingerprint density at radius 3 is 2.88 bits per heavy atom. The molecule has 0 aromatic carbocycles. The molecule has 0 spiro atoms. The highest BCUT2D eigenvalue weighted by Gasteiger charge is 2.32. The fraction of sp³-hybridized carbons (Fsp3) is 0.615. The van der Waals surface area contributed by atoms with Gasteiger partial charge in [0.05, 0.1) is 16.2 Å². The van der Waals surface area contributed by atoms with Crippen LogP contribution in [-0.2, 0) is 4.74 Å². The second-order valence-corrected chi connectivity index (χ2v) is 6.13. The Morgan fingerprint density at radius 1 is 1.53 bits per heavy atom. The van der Waals surface area contributed by atoms with E-state index in [4.69, 9.17) is 4.74 Å². The summed E-state index contributed by atoms with van der Waals surface area (Å²) in [5.41, 5.74) is 1.09. The van der Waals surface area contributed by atoms with Crippen molar-refractivity contribution in [2.24, 2.45) is 0 Å². The SMILES string of the molecule is Cc1ccnc(N2CC(C)OC(C)(C)C2)c1Br. The van der Waals surface area contributed by atoms with Crippen molar-refractivity contribution >= 4 is 21.7 Å². The van der Waals surface area contributed by atoms with E-state index < -0.39 is 0 Å². The standard InChI is InChI=1S/C13H19BrN2O/c1-9-5-6-15-12(11(9)14)16-7-10(2)17-13(3,4)8-16/h5-6,10H,7-8H2,1-4H3. The molecule has 0 radical (unpaired) electrons. The van der Waals surface area contributed by atoms with Crippen LogP contribution in [-0.4, -0.2) is 29.8 Å². The van der Waals surface area contributed by atoms with E-state index in [0.29, 0.717) is 0 Å². The minimum atomic E-state index is -0.122. The van der Waals surface area contributed by atoms with Gasteiger partial charge in [-0.05, 0) is 55.3 Å². The Kier molecular flexibility index (Phi) is 3.46. The van der Waals surface area contributed by atoms with Gasteiger partial charge in [0.2, 0.25) is 0 Å². The summed E-state index contributed by atoms with van der Waals surface area (Å²) < 4.78 is 7.00. The van der Waals surface area contributed by atoms with Gasteiger partial charge in [-0.3, -0.25) is 0 Å². The lowest BCUT2D eigenvalue weighted by Gasteiger charge is -2.42. The van der Waals surface area contributed by atoms with Gasteiger partial charge in [0.1, 0.15) is 5.82 Å². The highest BCUT2D eigenvalue weighted by Crippen LogP contribution is 2.31. The second-order valence-electron chi connectivity index (χ2n) is 5.33. The van der Waals surface area contributed by atoms with Crippen molar-refractivity contribution in [3.63, 3.8) is 0 Å². The molecule has 1 unspecified atom stereocenters. The molecule has 1 aromatic rings. The van der Waals surface area contributed by atoms with Gasteiger partial charge >= 0.3 is 0 Å². The van der Waals surface area contributed by atoms with E-state index in [2.05, 4.69) is 53.5 Å². The highest BCUT2D eigenvalue weighted by atomic mass is 79.9. The lowest BCUT2D eigenvalue weighted by Crippen LogP contribution is -2.52. The topological polar surface area (TPSA) is 25.4 Å². The molecule has 0 aliphatic carbocycles. The molecule has 0 bridgehead atoms. The first-order valence-corrected chi connectivity index (χ1v) is 6.72. The van der Waals surface area contributed by atoms with Gasteiger partial charge < -0.3 is 9.64 Å². The Labute approximate surface area is 111 Å². The predicted octanol–water partition coefficient (Wildman–Crippen LogP) is 3.16. The molecule has 1 saturated heterocycles. The maximum Gasteiger partial charge on any atom is 0.143 e. The largest absolute Gasteiger partial charge is 0.369 e. The van der Waals surface area contributed by atoms with Crippen molar-refractivity contribution in [3.05, 3.63) is 22.3 Å². The summed E-state index contributed by atoms with van der Waals surface area (Å²) in [4.78, 5) is 6.78. The van der Waals surface area contributed by atoms with Crippen molar-refractivity contribution in [1.29, 1.82) is 0 Å². The number of aromatic nitrogens is 1. The van der Waals surface area contributed by atoms with Crippen LogP contribution in [0, 0.1) is 6.92 Å². The van der Waals surface area contributed by atoms with E-state index >= 15 is 0 Å². The Balaban J connectivity index is 2.30.